The standard InChI is InChI=1S/C27H27N5OS/c1-18-14-23(19(2)31(18)17-20-8-7-12-28-16-20)26-25(24-11-4-5-13-29-24)30-27(34)32(26)21-9-6-10-22(15-21)33-3/h4-16,25-26H,17H2,1-3H3,(H,30,34)/t25-,26+/m1/s1. The van der Waals surface area contributed by atoms with Gasteiger partial charge >= 0.3 is 0 Å². The minimum Gasteiger partial charge on any atom is -0.497 e. The minimum atomic E-state index is -0.0905. The number of nitrogens with one attached hydrogen (secondary N) is 1. The summed E-state index contributed by atoms with van der Waals surface area (Å²) >= 11 is 5.88. The number of aryl methyl sites for hydroxylation is 1. The van der Waals surface area contributed by atoms with Crippen molar-refractivity contribution in [3.8, 4) is 5.75 Å². The van der Waals surface area contributed by atoms with E-state index in [2.05, 4.69) is 62.9 Å². The maximum Gasteiger partial charge on any atom is 0.174 e. The fraction of sp³-hybridized carbons (Fsp3) is 0.222. The Morgan fingerprint density at radius 2 is 1.91 bits per heavy atom. The molecule has 0 bridgehead atoms. The summed E-state index contributed by atoms with van der Waals surface area (Å²) in [4.78, 5) is 11.1. The van der Waals surface area contributed by atoms with Crippen LogP contribution in [0.2, 0.25) is 0 Å². The molecule has 0 spiro atoms. The fourth-order valence-electron chi connectivity index (χ4n) is 4.75. The van der Waals surface area contributed by atoms with Gasteiger partial charge in [-0.1, -0.05) is 18.2 Å². The van der Waals surface area contributed by atoms with Gasteiger partial charge in [-0.05, 0) is 73.6 Å². The molecule has 4 aromatic rings. The number of benzene rings is 1. The van der Waals surface area contributed by atoms with Gasteiger partial charge in [-0.3, -0.25) is 9.97 Å². The molecule has 1 N–H and O–H groups in total. The molecule has 0 saturated carbocycles. The van der Waals surface area contributed by atoms with E-state index in [1.807, 2.05) is 48.8 Å². The van der Waals surface area contributed by atoms with Gasteiger partial charge in [-0.15, -0.1) is 0 Å². The number of methoxy groups -OCH3 is 1. The molecule has 0 unspecified atom stereocenters. The van der Waals surface area contributed by atoms with Gasteiger partial charge in [-0.2, -0.15) is 0 Å². The average Bonchev–Trinajstić information content (AvgIpc) is 3.36. The van der Waals surface area contributed by atoms with Gasteiger partial charge in [0.2, 0.25) is 0 Å². The third-order valence-corrected chi connectivity index (χ3v) is 6.74. The molecule has 1 fully saturated rings. The smallest absolute Gasteiger partial charge is 0.174 e. The number of aromatic nitrogens is 3. The fourth-order valence-corrected chi connectivity index (χ4v) is 5.10. The van der Waals surface area contributed by atoms with Crippen LogP contribution in [0.5, 0.6) is 5.75 Å². The lowest BCUT2D eigenvalue weighted by Crippen LogP contribution is -2.29. The van der Waals surface area contributed by atoms with Gasteiger partial charge in [0, 0.05) is 48.3 Å². The van der Waals surface area contributed by atoms with Crippen LogP contribution in [0.3, 0.4) is 0 Å². The maximum atomic E-state index is 5.88. The van der Waals surface area contributed by atoms with Gasteiger partial charge in [0.15, 0.2) is 5.11 Å². The SMILES string of the molecule is COc1cccc(N2C(=S)N[C@H](c3ccccn3)[C@@H]2c2cc(C)n(Cc3cccnc3)c2C)c1. The van der Waals surface area contributed by atoms with E-state index in [4.69, 9.17) is 17.0 Å². The van der Waals surface area contributed by atoms with Gasteiger partial charge < -0.3 is 19.5 Å². The highest BCUT2D eigenvalue weighted by Crippen LogP contribution is 2.43. The molecule has 1 saturated heterocycles. The summed E-state index contributed by atoms with van der Waals surface area (Å²) in [5, 5.41) is 4.22. The monoisotopic (exact) mass is 469 g/mol. The first kappa shape index (κ1) is 22.1. The van der Waals surface area contributed by atoms with Crippen molar-refractivity contribution in [3.05, 3.63) is 107 Å². The zero-order valence-electron chi connectivity index (χ0n) is 19.5. The molecule has 4 heterocycles. The van der Waals surface area contributed by atoms with E-state index in [1.165, 1.54) is 22.5 Å². The summed E-state index contributed by atoms with van der Waals surface area (Å²) < 4.78 is 7.84. The van der Waals surface area contributed by atoms with Crippen LogP contribution in [0.15, 0.2) is 79.3 Å². The lowest BCUT2D eigenvalue weighted by molar-refractivity contribution is 0.415. The summed E-state index contributed by atoms with van der Waals surface area (Å²) in [7, 11) is 1.68. The minimum absolute atomic E-state index is 0.0663. The van der Waals surface area contributed by atoms with E-state index in [9.17, 15) is 0 Å². The Hall–Kier alpha value is -3.71. The first-order valence-corrected chi connectivity index (χ1v) is 11.7. The number of hydrogen-bond donors (Lipinski definition) is 1. The molecule has 0 amide bonds. The Kier molecular flexibility index (Phi) is 6.02. The predicted octanol–water partition coefficient (Wildman–Crippen LogP) is 5.13. The summed E-state index contributed by atoms with van der Waals surface area (Å²) in [6, 6.07) is 20.2. The highest BCUT2D eigenvalue weighted by molar-refractivity contribution is 7.80. The number of hydrogen-bond acceptors (Lipinski definition) is 4. The zero-order chi connectivity index (χ0) is 23.7. The summed E-state index contributed by atoms with van der Waals surface area (Å²) in [5.74, 6) is 0.794. The van der Waals surface area contributed by atoms with E-state index >= 15 is 0 Å². The van der Waals surface area contributed by atoms with E-state index in [0.29, 0.717) is 5.11 Å². The van der Waals surface area contributed by atoms with Crippen LogP contribution in [-0.2, 0) is 6.54 Å². The Balaban J connectivity index is 1.62. The van der Waals surface area contributed by atoms with Gasteiger partial charge in [0.05, 0.1) is 24.9 Å². The first-order chi connectivity index (χ1) is 16.6. The molecule has 0 radical (unpaired) electrons. The lowest BCUT2D eigenvalue weighted by Gasteiger charge is -2.28. The highest BCUT2D eigenvalue weighted by Gasteiger charge is 2.42. The molecular formula is C27H27N5OS. The Morgan fingerprint density at radius 3 is 2.65 bits per heavy atom. The van der Waals surface area contributed by atoms with E-state index < -0.39 is 0 Å². The second kappa shape index (κ2) is 9.27. The molecule has 3 aromatic heterocycles. The van der Waals surface area contributed by atoms with E-state index in [-0.39, 0.29) is 12.1 Å². The van der Waals surface area contributed by atoms with Crippen LogP contribution in [0.4, 0.5) is 5.69 Å². The van der Waals surface area contributed by atoms with Crippen LogP contribution < -0.4 is 15.0 Å². The van der Waals surface area contributed by atoms with Gasteiger partial charge in [0.1, 0.15) is 5.75 Å². The molecular weight excluding hydrogens is 442 g/mol. The van der Waals surface area contributed by atoms with Crippen LogP contribution in [0.25, 0.3) is 0 Å². The van der Waals surface area contributed by atoms with Crippen molar-refractivity contribution in [2.24, 2.45) is 0 Å². The van der Waals surface area contributed by atoms with Crippen molar-refractivity contribution in [2.75, 3.05) is 12.0 Å². The van der Waals surface area contributed by atoms with Crippen molar-refractivity contribution in [2.45, 2.75) is 32.5 Å². The predicted molar refractivity (Wildman–Crippen MR) is 138 cm³/mol. The van der Waals surface area contributed by atoms with Crippen molar-refractivity contribution in [1.82, 2.24) is 19.9 Å². The van der Waals surface area contributed by atoms with Crippen LogP contribution in [0.1, 0.15) is 40.3 Å². The molecule has 6 nitrogen and oxygen atoms in total. The van der Waals surface area contributed by atoms with Crippen molar-refractivity contribution in [1.29, 1.82) is 0 Å². The first-order valence-electron chi connectivity index (χ1n) is 11.3. The molecule has 0 aliphatic carbocycles. The molecule has 1 aliphatic heterocycles. The highest BCUT2D eigenvalue weighted by atomic mass is 32.1. The molecule has 172 valence electrons. The summed E-state index contributed by atoms with van der Waals surface area (Å²) in [6.45, 7) is 5.10. The Bertz CT molecular complexity index is 1310. The number of thiocarbonyl (C=S) groups is 1. The van der Waals surface area contributed by atoms with Crippen LogP contribution in [0, 0.1) is 13.8 Å². The average molecular weight is 470 g/mol. The Morgan fingerprint density at radius 1 is 1.03 bits per heavy atom. The van der Waals surface area contributed by atoms with Crippen LogP contribution in [-0.4, -0.2) is 26.8 Å². The lowest BCUT2D eigenvalue weighted by atomic mass is 9.96. The quantitative estimate of drug-likeness (QED) is 0.395. The largest absolute Gasteiger partial charge is 0.497 e. The van der Waals surface area contributed by atoms with Crippen molar-refractivity contribution < 1.29 is 4.74 Å². The molecule has 5 rings (SSSR count). The number of nitrogens with zero attached hydrogens (tertiary/aromatic N) is 4. The summed E-state index contributed by atoms with van der Waals surface area (Å²) in [6.07, 6.45) is 5.56. The number of rotatable bonds is 6. The third-order valence-electron chi connectivity index (χ3n) is 6.42. The second-order valence-electron chi connectivity index (χ2n) is 8.47. The zero-order valence-corrected chi connectivity index (χ0v) is 20.3. The maximum absolute atomic E-state index is 5.88. The molecule has 7 heteroatoms. The molecule has 34 heavy (non-hydrogen) atoms. The van der Waals surface area contributed by atoms with Gasteiger partial charge in [-0.25, -0.2) is 0 Å². The number of pyridine rings is 2. The summed E-state index contributed by atoms with van der Waals surface area (Å²) in [5.41, 5.74) is 6.72. The second-order valence-corrected chi connectivity index (χ2v) is 8.86. The normalized spacial score (nSPS) is 17.6. The van der Waals surface area contributed by atoms with E-state index in [0.717, 1.165) is 23.7 Å². The number of ether oxygens (including phenoxy) is 1. The number of anilines is 1. The van der Waals surface area contributed by atoms with Crippen molar-refractivity contribution in [3.63, 3.8) is 0 Å². The third kappa shape index (κ3) is 4.03. The van der Waals surface area contributed by atoms with Gasteiger partial charge in [0.25, 0.3) is 0 Å². The topological polar surface area (TPSA) is 55.2 Å². The van der Waals surface area contributed by atoms with Crippen LogP contribution >= 0.6 is 12.2 Å². The molecule has 2 atom stereocenters. The van der Waals surface area contributed by atoms with Crippen molar-refractivity contribution >= 4 is 23.0 Å². The molecule has 1 aliphatic rings. The molecule has 1 aromatic carbocycles. The van der Waals surface area contributed by atoms with E-state index in [1.54, 1.807) is 13.3 Å². The Labute approximate surface area is 205 Å².